The average molecular weight is 218 g/mol. The zero-order valence-corrected chi connectivity index (χ0v) is 8.14. The predicted octanol–water partition coefficient (Wildman–Crippen LogP) is 0.659. The van der Waals surface area contributed by atoms with E-state index in [2.05, 4.69) is 0 Å². The van der Waals surface area contributed by atoms with Crippen molar-refractivity contribution in [3.05, 3.63) is 0 Å². The van der Waals surface area contributed by atoms with Gasteiger partial charge in [0.1, 0.15) is 0 Å². The van der Waals surface area contributed by atoms with Gasteiger partial charge in [-0.15, -0.1) is 23.2 Å². The third kappa shape index (κ3) is 109. The first kappa shape index (κ1) is 17.6. The molecular weight excluding hydrogens is 207 g/mol. The molecule has 0 aliphatic heterocycles. The number of rotatable bonds is 2. The van der Waals surface area contributed by atoms with Crippen LogP contribution in [0.15, 0.2) is 0 Å². The van der Waals surface area contributed by atoms with Gasteiger partial charge in [-0.2, -0.15) is 0 Å². The standard InChI is InChI=1S/C4H8O2.CH2Cl2.CH2O2/c1-2-3-4(5)6;2*2-1-3/h2-3H2,1H3,(H,5,6);1H2;1H,(H,2,3)/p-1. The van der Waals surface area contributed by atoms with Crippen LogP contribution in [0.5, 0.6) is 0 Å². The van der Waals surface area contributed by atoms with Crippen molar-refractivity contribution in [1.82, 2.24) is 0 Å². The van der Waals surface area contributed by atoms with Crippen LogP contribution in [0.4, 0.5) is 0 Å². The first-order valence-corrected chi connectivity index (χ1v) is 4.07. The fourth-order valence-electron chi connectivity index (χ4n) is 0.204. The van der Waals surface area contributed by atoms with Gasteiger partial charge in [0.2, 0.25) is 0 Å². The van der Waals surface area contributed by atoms with Crippen LogP contribution in [0, 0.1) is 0 Å². The van der Waals surface area contributed by atoms with Gasteiger partial charge in [0.25, 0.3) is 6.47 Å². The normalized spacial score (nSPS) is 6.58. The summed E-state index contributed by atoms with van der Waals surface area (Å²) in [6.07, 6.45) is 0.850. The van der Waals surface area contributed by atoms with Crippen molar-refractivity contribution in [3.8, 4) is 0 Å². The summed E-state index contributed by atoms with van der Waals surface area (Å²) < 4.78 is 0. The van der Waals surface area contributed by atoms with Gasteiger partial charge in [-0.1, -0.05) is 13.3 Å². The van der Waals surface area contributed by atoms with Crippen molar-refractivity contribution in [2.45, 2.75) is 19.8 Å². The van der Waals surface area contributed by atoms with E-state index in [9.17, 15) is 9.90 Å². The lowest BCUT2D eigenvalue weighted by molar-refractivity contribution is -0.305. The fraction of sp³-hybridized carbons (Fsp3) is 0.667. The third-order valence-corrected chi connectivity index (χ3v) is 0.454. The van der Waals surface area contributed by atoms with Crippen LogP contribution in [-0.2, 0) is 9.59 Å². The molecule has 0 amide bonds. The van der Waals surface area contributed by atoms with Gasteiger partial charge in [-0.05, 0) is 6.42 Å². The van der Waals surface area contributed by atoms with Gasteiger partial charge in [0, 0.05) is 5.97 Å². The van der Waals surface area contributed by atoms with Gasteiger partial charge in [-0.25, -0.2) is 0 Å². The van der Waals surface area contributed by atoms with Crippen LogP contribution < -0.4 is 5.11 Å². The molecule has 12 heavy (non-hydrogen) atoms. The van der Waals surface area contributed by atoms with Crippen molar-refractivity contribution in [1.29, 1.82) is 0 Å². The summed E-state index contributed by atoms with van der Waals surface area (Å²) in [5.41, 5.74) is 0. The molecule has 0 rings (SSSR count). The number of carboxylic acids is 1. The van der Waals surface area contributed by atoms with E-state index in [-0.39, 0.29) is 18.2 Å². The Hall–Kier alpha value is -0.480. The van der Waals surface area contributed by atoms with Gasteiger partial charge in [0.05, 0.1) is 5.34 Å². The number of hydrogen-bond donors (Lipinski definition) is 1. The molecule has 0 aromatic carbocycles. The molecule has 0 aromatic rings. The van der Waals surface area contributed by atoms with Gasteiger partial charge >= 0.3 is 0 Å². The van der Waals surface area contributed by atoms with Crippen LogP contribution in [0.25, 0.3) is 0 Å². The Morgan fingerprint density at radius 3 is 1.83 bits per heavy atom. The minimum absolute atomic E-state index is 0.181. The molecule has 4 nitrogen and oxygen atoms in total. The zero-order valence-electron chi connectivity index (χ0n) is 6.63. The van der Waals surface area contributed by atoms with Crippen LogP contribution >= 0.6 is 23.2 Å². The lowest BCUT2D eigenvalue weighted by atomic mass is 10.4. The molecule has 0 aromatic heterocycles. The van der Waals surface area contributed by atoms with Crippen molar-refractivity contribution in [2.75, 3.05) is 5.34 Å². The van der Waals surface area contributed by atoms with E-state index in [0.717, 1.165) is 0 Å². The Morgan fingerprint density at radius 1 is 1.58 bits per heavy atom. The second-order valence-corrected chi connectivity index (χ2v) is 2.14. The minimum atomic E-state index is -0.961. The van der Waals surface area contributed by atoms with E-state index in [4.69, 9.17) is 33.1 Å². The zero-order chi connectivity index (χ0) is 10.4. The summed E-state index contributed by atoms with van der Waals surface area (Å²) >= 11 is 9.53. The third-order valence-electron chi connectivity index (χ3n) is 0.454. The lowest BCUT2D eigenvalue weighted by Crippen LogP contribution is -2.20. The first-order chi connectivity index (χ1) is 5.60. The SMILES string of the molecule is CCCC(=O)[O-].ClCCl.O=CO. The molecule has 0 unspecified atom stereocenters. The van der Waals surface area contributed by atoms with Gasteiger partial charge in [0.15, 0.2) is 0 Å². The van der Waals surface area contributed by atoms with Gasteiger partial charge < -0.3 is 15.0 Å². The molecule has 0 saturated heterocycles. The molecular formula is C6H11Cl2O4-. The number of carboxylic acid groups (broad SMARTS) is 2. The second-order valence-electron chi connectivity index (χ2n) is 1.33. The lowest BCUT2D eigenvalue weighted by Gasteiger charge is -1.92. The van der Waals surface area contributed by atoms with Crippen molar-refractivity contribution < 1.29 is 19.8 Å². The molecule has 0 aliphatic rings. The smallest absolute Gasteiger partial charge is 0.290 e. The van der Waals surface area contributed by atoms with Crippen molar-refractivity contribution >= 4 is 35.6 Å². The summed E-state index contributed by atoms with van der Waals surface area (Å²) in [7, 11) is 0. The van der Waals surface area contributed by atoms with E-state index >= 15 is 0 Å². The number of carbonyl (C=O) groups excluding carboxylic acids is 1. The molecule has 0 fully saturated rings. The number of aliphatic carboxylic acids is 1. The molecule has 74 valence electrons. The summed E-state index contributed by atoms with van der Waals surface area (Å²) in [5.74, 6) is -0.961. The molecule has 0 bridgehead atoms. The Kier molecular flexibility index (Phi) is 32.8. The highest BCUT2D eigenvalue weighted by molar-refractivity contribution is 6.40. The fourth-order valence-corrected chi connectivity index (χ4v) is 0.204. The number of carbonyl (C=O) groups is 2. The molecule has 0 heterocycles. The minimum Gasteiger partial charge on any atom is -0.550 e. The molecule has 0 saturated carbocycles. The maximum atomic E-state index is 9.49. The van der Waals surface area contributed by atoms with E-state index < -0.39 is 5.97 Å². The molecule has 6 heteroatoms. The molecule has 1 N–H and O–H groups in total. The first-order valence-electron chi connectivity index (χ1n) is 3.00. The predicted molar refractivity (Wildman–Crippen MR) is 45.2 cm³/mol. The Labute approximate surface area is 81.1 Å². The van der Waals surface area contributed by atoms with Crippen molar-refractivity contribution in [3.63, 3.8) is 0 Å². The number of halogens is 2. The van der Waals surface area contributed by atoms with Crippen LogP contribution in [0.3, 0.4) is 0 Å². The molecule has 0 atom stereocenters. The summed E-state index contributed by atoms with van der Waals surface area (Å²) in [6, 6.07) is 0. The van der Waals surface area contributed by atoms with Gasteiger partial charge in [-0.3, -0.25) is 4.79 Å². The van der Waals surface area contributed by atoms with Crippen LogP contribution in [0.1, 0.15) is 19.8 Å². The van der Waals surface area contributed by atoms with Crippen molar-refractivity contribution in [2.24, 2.45) is 0 Å². The number of hydrogen-bond acceptors (Lipinski definition) is 3. The summed E-state index contributed by atoms with van der Waals surface area (Å²) in [6.45, 7) is 1.55. The van der Waals surface area contributed by atoms with E-state index in [1.807, 2.05) is 0 Å². The maximum absolute atomic E-state index is 9.49. The molecule has 0 spiro atoms. The molecule has 0 aliphatic carbocycles. The average Bonchev–Trinajstić information content (AvgIpc) is 1.89. The quantitative estimate of drug-likeness (QED) is 0.545. The summed E-state index contributed by atoms with van der Waals surface area (Å²) in [4.78, 5) is 17.8. The van der Waals surface area contributed by atoms with E-state index in [1.54, 1.807) is 6.92 Å². The van der Waals surface area contributed by atoms with Crippen LogP contribution in [-0.4, -0.2) is 22.9 Å². The Morgan fingerprint density at radius 2 is 1.83 bits per heavy atom. The highest BCUT2D eigenvalue weighted by atomic mass is 35.5. The highest BCUT2D eigenvalue weighted by Gasteiger charge is 1.75. The summed E-state index contributed by atoms with van der Waals surface area (Å²) in [5, 5.41) is 16.6. The monoisotopic (exact) mass is 217 g/mol. The molecule has 0 radical (unpaired) electrons. The van der Waals surface area contributed by atoms with E-state index in [1.165, 1.54) is 0 Å². The largest absolute Gasteiger partial charge is 0.550 e. The highest BCUT2D eigenvalue weighted by Crippen LogP contribution is 1.79. The Bertz CT molecular complexity index is 97.5. The topological polar surface area (TPSA) is 77.4 Å². The Balaban J connectivity index is -0.000000115. The maximum Gasteiger partial charge on any atom is 0.290 e. The second kappa shape index (κ2) is 22.4. The number of alkyl halides is 2. The van der Waals surface area contributed by atoms with E-state index in [0.29, 0.717) is 6.42 Å². The van der Waals surface area contributed by atoms with Crippen LogP contribution in [0.2, 0.25) is 0 Å².